The average Bonchev–Trinajstić information content (AvgIpc) is 3.46. The van der Waals surface area contributed by atoms with Crippen LogP contribution in [0.5, 0.6) is 11.5 Å². The zero-order chi connectivity index (χ0) is 27.0. The number of ether oxygens (including phenoxy) is 2. The summed E-state index contributed by atoms with van der Waals surface area (Å²) in [7, 11) is 0. The van der Waals surface area contributed by atoms with Crippen LogP contribution in [0.3, 0.4) is 0 Å². The molecular formula is C28H29ClN6O4. The minimum Gasteiger partial charge on any atom is -0.456 e. The summed E-state index contributed by atoms with van der Waals surface area (Å²) in [6.07, 6.45) is 7.24. The molecule has 2 saturated heterocycles. The maximum atomic E-state index is 12.8. The van der Waals surface area contributed by atoms with Gasteiger partial charge in [-0.25, -0.2) is 5.01 Å². The molecule has 0 aliphatic carbocycles. The zero-order valence-corrected chi connectivity index (χ0v) is 22.0. The van der Waals surface area contributed by atoms with E-state index in [1.165, 1.54) is 5.01 Å². The number of amides is 1. The Morgan fingerprint density at radius 2 is 1.97 bits per heavy atom. The molecule has 5 rings (SSSR count). The molecule has 0 radical (unpaired) electrons. The number of hydrogen-bond acceptors (Lipinski definition) is 8. The third-order valence-corrected chi connectivity index (χ3v) is 6.90. The summed E-state index contributed by atoms with van der Waals surface area (Å²) in [5, 5.41) is 8.45. The highest BCUT2D eigenvalue weighted by Crippen LogP contribution is 2.35. The third kappa shape index (κ3) is 6.65. The number of morpholine rings is 1. The number of hydrogen-bond donors (Lipinski definition) is 1. The Kier molecular flexibility index (Phi) is 8.55. The second-order valence-corrected chi connectivity index (χ2v) is 9.60. The second-order valence-electron chi connectivity index (χ2n) is 9.20. The molecule has 0 spiro atoms. The Morgan fingerprint density at radius 1 is 1.15 bits per heavy atom. The Hall–Kier alpha value is -4.15. The van der Waals surface area contributed by atoms with Crippen molar-refractivity contribution in [3.63, 3.8) is 0 Å². The van der Waals surface area contributed by atoms with Crippen LogP contribution < -0.4 is 15.1 Å². The smallest absolute Gasteiger partial charge is 0.248 e. The van der Waals surface area contributed by atoms with Crippen LogP contribution in [0.15, 0.2) is 84.6 Å². The monoisotopic (exact) mass is 548 g/mol. The number of carbonyl (C=O) groups is 1. The highest BCUT2D eigenvalue weighted by Gasteiger charge is 2.32. The molecule has 2 aliphatic heterocycles. The third-order valence-electron chi connectivity index (χ3n) is 6.61. The number of nitrogens with zero attached hydrogens (tertiary/aromatic N) is 5. The summed E-state index contributed by atoms with van der Waals surface area (Å²) in [5.74, 6) is 1.12. The minimum atomic E-state index is -0.267. The Labute approximate surface area is 231 Å². The van der Waals surface area contributed by atoms with Gasteiger partial charge < -0.3 is 24.6 Å². The van der Waals surface area contributed by atoms with Crippen LogP contribution in [-0.2, 0) is 9.53 Å². The molecule has 2 fully saturated rings. The van der Waals surface area contributed by atoms with E-state index in [9.17, 15) is 9.70 Å². The highest BCUT2D eigenvalue weighted by atomic mass is 35.5. The van der Waals surface area contributed by atoms with Crippen molar-refractivity contribution in [1.82, 2.24) is 14.8 Å². The van der Waals surface area contributed by atoms with Gasteiger partial charge in [-0.1, -0.05) is 29.8 Å². The first kappa shape index (κ1) is 26.5. The van der Waals surface area contributed by atoms with E-state index < -0.39 is 0 Å². The van der Waals surface area contributed by atoms with E-state index in [-0.39, 0.29) is 11.9 Å². The Balaban J connectivity index is 1.25. The molecule has 0 saturated carbocycles. The number of para-hydroxylation sites is 1. The molecule has 0 bridgehead atoms. The van der Waals surface area contributed by atoms with E-state index in [0.717, 1.165) is 13.1 Å². The largest absolute Gasteiger partial charge is 0.456 e. The molecule has 2 aromatic carbocycles. The SMILES string of the molecule is O=NN(c1ccncc1Nc1ccc(Oc2ccccc2)c(Cl)c1)C1CCN(C(=O)/C=C\N2CCOCC2)C1. The maximum absolute atomic E-state index is 12.8. The fourth-order valence-electron chi connectivity index (χ4n) is 4.57. The van der Waals surface area contributed by atoms with Gasteiger partial charge in [0.2, 0.25) is 5.91 Å². The number of aromatic nitrogens is 1. The molecule has 1 amide bonds. The number of nitrogens with one attached hydrogen (secondary N) is 1. The summed E-state index contributed by atoms with van der Waals surface area (Å²) in [4.78, 5) is 32.8. The quantitative estimate of drug-likeness (QED) is 0.221. The fourth-order valence-corrected chi connectivity index (χ4v) is 4.78. The molecule has 202 valence electrons. The molecule has 10 nitrogen and oxygen atoms in total. The first-order valence-corrected chi connectivity index (χ1v) is 13.1. The fraction of sp³-hybridized carbons (Fsp3) is 0.286. The normalized spacial score (nSPS) is 17.3. The van der Waals surface area contributed by atoms with Crippen molar-refractivity contribution in [2.75, 3.05) is 49.7 Å². The lowest BCUT2D eigenvalue weighted by molar-refractivity contribution is -0.125. The lowest BCUT2D eigenvalue weighted by atomic mass is 10.2. The van der Waals surface area contributed by atoms with Gasteiger partial charge in [0.05, 0.1) is 47.1 Å². The molecular weight excluding hydrogens is 520 g/mol. The standard InChI is InChI=1S/C28H29ClN6O4/c29-24-18-21(6-7-27(24)39-23-4-2-1-3-5-23)31-25-19-30-11-8-26(25)35(32-37)22-9-13-34(20-22)28(36)10-12-33-14-16-38-17-15-33/h1-8,10-12,18-19,22,31H,9,13-17,20H2/b12-10-. The van der Waals surface area contributed by atoms with Crippen molar-refractivity contribution in [1.29, 1.82) is 0 Å². The summed E-state index contributed by atoms with van der Waals surface area (Å²) in [6.45, 7) is 3.77. The number of anilines is 3. The number of nitroso groups, excluding NO2 is 1. The zero-order valence-electron chi connectivity index (χ0n) is 21.3. The maximum Gasteiger partial charge on any atom is 0.248 e. The van der Waals surface area contributed by atoms with Crippen molar-refractivity contribution in [2.45, 2.75) is 12.5 Å². The van der Waals surface area contributed by atoms with Crippen molar-refractivity contribution in [2.24, 2.45) is 5.29 Å². The highest BCUT2D eigenvalue weighted by molar-refractivity contribution is 6.32. The van der Waals surface area contributed by atoms with Crippen LogP contribution >= 0.6 is 11.6 Å². The number of rotatable bonds is 9. The van der Waals surface area contributed by atoms with E-state index in [1.54, 1.807) is 41.6 Å². The Bertz CT molecular complexity index is 1320. The van der Waals surface area contributed by atoms with Crippen LogP contribution in [0, 0.1) is 4.91 Å². The molecule has 1 unspecified atom stereocenters. The van der Waals surface area contributed by atoms with Crippen molar-refractivity contribution in [3.05, 3.63) is 89.2 Å². The van der Waals surface area contributed by atoms with E-state index in [0.29, 0.717) is 66.3 Å². The van der Waals surface area contributed by atoms with E-state index in [1.807, 2.05) is 42.6 Å². The predicted molar refractivity (Wildman–Crippen MR) is 150 cm³/mol. The Morgan fingerprint density at radius 3 is 2.74 bits per heavy atom. The van der Waals surface area contributed by atoms with Crippen LogP contribution in [0.2, 0.25) is 5.02 Å². The molecule has 1 N–H and O–H groups in total. The van der Waals surface area contributed by atoms with Gasteiger partial charge in [-0.2, -0.15) is 0 Å². The number of benzene rings is 2. The molecule has 1 atom stereocenters. The number of likely N-dealkylation sites (tertiary alicyclic amines) is 1. The van der Waals surface area contributed by atoms with Gasteiger partial charge in [0, 0.05) is 50.3 Å². The summed E-state index contributed by atoms with van der Waals surface area (Å²) in [6, 6.07) is 16.2. The van der Waals surface area contributed by atoms with Crippen LogP contribution in [0.25, 0.3) is 0 Å². The van der Waals surface area contributed by atoms with Crippen molar-refractivity contribution in [3.8, 4) is 11.5 Å². The molecule has 11 heteroatoms. The van der Waals surface area contributed by atoms with Crippen LogP contribution in [-0.4, -0.2) is 66.1 Å². The number of halogens is 1. The lowest BCUT2D eigenvalue weighted by Gasteiger charge is -2.26. The van der Waals surface area contributed by atoms with Crippen molar-refractivity contribution >= 4 is 34.6 Å². The predicted octanol–water partition coefficient (Wildman–Crippen LogP) is 5.21. The lowest BCUT2D eigenvalue weighted by Crippen LogP contribution is -2.36. The van der Waals surface area contributed by atoms with Gasteiger partial charge in [0.15, 0.2) is 0 Å². The average molecular weight is 549 g/mol. The number of pyridine rings is 1. The molecule has 1 aromatic heterocycles. The minimum absolute atomic E-state index is 0.0876. The van der Waals surface area contributed by atoms with Crippen LogP contribution in [0.1, 0.15) is 6.42 Å². The van der Waals surface area contributed by atoms with Gasteiger partial charge in [-0.3, -0.25) is 9.78 Å². The van der Waals surface area contributed by atoms with Gasteiger partial charge in [0.25, 0.3) is 0 Å². The van der Waals surface area contributed by atoms with Gasteiger partial charge >= 0.3 is 0 Å². The molecule has 2 aliphatic rings. The van der Waals surface area contributed by atoms with Gasteiger partial charge in [-0.05, 0) is 42.8 Å². The van der Waals surface area contributed by atoms with Crippen LogP contribution in [0.4, 0.5) is 17.1 Å². The van der Waals surface area contributed by atoms with Gasteiger partial charge in [0.1, 0.15) is 11.5 Å². The molecule has 3 heterocycles. The summed E-state index contributed by atoms with van der Waals surface area (Å²) < 4.78 is 11.2. The summed E-state index contributed by atoms with van der Waals surface area (Å²) >= 11 is 6.49. The molecule has 39 heavy (non-hydrogen) atoms. The van der Waals surface area contributed by atoms with Crippen molar-refractivity contribution < 1.29 is 14.3 Å². The van der Waals surface area contributed by atoms with E-state index in [2.05, 4.69) is 20.5 Å². The topological polar surface area (TPSA) is 99.6 Å². The second kappa shape index (κ2) is 12.6. The number of carbonyl (C=O) groups excluding carboxylic acids is 1. The van der Waals surface area contributed by atoms with Gasteiger partial charge in [-0.15, -0.1) is 4.91 Å². The van der Waals surface area contributed by atoms with E-state index >= 15 is 0 Å². The first-order valence-electron chi connectivity index (χ1n) is 12.8. The summed E-state index contributed by atoms with van der Waals surface area (Å²) in [5.41, 5.74) is 1.84. The van der Waals surface area contributed by atoms with E-state index in [4.69, 9.17) is 21.1 Å². The first-order chi connectivity index (χ1) is 19.1. The molecule has 3 aromatic rings.